The highest BCUT2D eigenvalue weighted by Gasteiger charge is 2.07. The van der Waals surface area contributed by atoms with Gasteiger partial charge < -0.3 is 5.32 Å². The van der Waals surface area contributed by atoms with Gasteiger partial charge in [-0.05, 0) is 33.3 Å². The summed E-state index contributed by atoms with van der Waals surface area (Å²) in [5, 5.41) is 4.70. The highest BCUT2D eigenvalue weighted by Crippen LogP contribution is 2.18. The van der Waals surface area contributed by atoms with E-state index in [0.717, 1.165) is 12.2 Å². The Morgan fingerprint density at radius 2 is 2.06 bits per heavy atom. The number of aryl methyl sites for hydroxylation is 3. The molecule has 2 nitrogen and oxygen atoms in total. The molecule has 0 fully saturated rings. The SMILES string of the molecule is Cc1cccc([C@@H](C)NCc2nc(C)c(C)s2)c1. The molecule has 0 aliphatic heterocycles. The Labute approximate surface area is 113 Å². The number of aromatic nitrogens is 1. The third kappa shape index (κ3) is 3.18. The molecule has 2 aromatic rings. The van der Waals surface area contributed by atoms with Crippen molar-refractivity contribution in [3.63, 3.8) is 0 Å². The van der Waals surface area contributed by atoms with Crippen LogP contribution in [-0.4, -0.2) is 4.98 Å². The van der Waals surface area contributed by atoms with Gasteiger partial charge in [0.25, 0.3) is 0 Å². The molecular formula is C15H20N2S. The fraction of sp³-hybridized carbons (Fsp3) is 0.400. The van der Waals surface area contributed by atoms with E-state index in [-0.39, 0.29) is 0 Å². The molecule has 1 atom stereocenters. The van der Waals surface area contributed by atoms with Crippen molar-refractivity contribution in [2.45, 2.75) is 40.3 Å². The normalized spacial score (nSPS) is 12.7. The smallest absolute Gasteiger partial charge is 0.107 e. The van der Waals surface area contributed by atoms with Gasteiger partial charge in [0.1, 0.15) is 5.01 Å². The van der Waals surface area contributed by atoms with E-state index in [1.165, 1.54) is 21.0 Å². The van der Waals surface area contributed by atoms with Gasteiger partial charge in [0, 0.05) is 17.5 Å². The zero-order valence-corrected chi connectivity index (χ0v) is 12.3. The van der Waals surface area contributed by atoms with Gasteiger partial charge in [-0.2, -0.15) is 0 Å². The van der Waals surface area contributed by atoms with Gasteiger partial charge in [-0.1, -0.05) is 29.8 Å². The van der Waals surface area contributed by atoms with E-state index in [0.29, 0.717) is 6.04 Å². The van der Waals surface area contributed by atoms with Crippen molar-refractivity contribution in [3.8, 4) is 0 Å². The van der Waals surface area contributed by atoms with Crippen LogP contribution in [0.3, 0.4) is 0 Å². The fourth-order valence-electron chi connectivity index (χ4n) is 1.91. The van der Waals surface area contributed by atoms with Crippen LogP contribution in [0.5, 0.6) is 0 Å². The highest BCUT2D eigenvalue weighted by molar-refractivity contribution is 7.11. The Morgan fingerprint density at radius 1 is 1.28 bits per heavy atom. The second-order valence-electron chi connectivity index (χ2n) is 4.77. The Kier molecular flexibility index (Phi) is 4.15. The Hall–Kier alpha value is -1.19. The van der Waals surface area contributed by atoms with Crippen molar-refractivity contribution >= 4 is 11.3 Å². The molecule has 0 saturated carbocycles. The number of nitrogens with zero attached hydrogens (tertiary/aromatic N) is 1. The Morgan fingerprint density at radius 3 is 2.67 bits per heavy atom. The summed E-state index contributed by atoms with van der Waals surface area (Å²) >= 11 is 1.78. The molecule has 0 amide bonds. The summed E-state index contributed by atoms with van der Waals surface area (Å²) in [5.41, 5.74) is 3.79. The summed E-state index contributed by atoms with van der Waals surface area (Å²) in [6, 6.07) is 9.00. The topological polar surface area (TPSA) is 24.9 Å². The molecule has 1 aromatic carbocycles. The maximum absolute atomic E-state index is 4.55. The molecule has 3 heteroatoms. The van der Waals surface area contributed by atoms with Crippen molar-refractivity contribution < 1.29 is 0 Å². The van der Waals surface area contributed by atoms with Crippen LogP contribution in [0.1, 0.15) is 39.7 Å². The lowest BCUT2D eigenvalue weighted by Crippen LogP contribution is -2.18. The van der Waals surface area contributed by atoms with Gasteiger partial charge in [0.05, 0.1) is 5.69 Å². The van der Waals surface area contributed by atoms with Crippen LogP contribution in [0, 0.1) is 20.8 Å². The zero-order valence-electron chi connectivity index (χ0n) is 11.4. The summed E-state index contributed by atoms with van der Waals surface area (Å²) in [6.07, 6.45) is 0. The van der Waals surface area contributed by atoms with Gasteiger partial charge in [-0.3, -0.25) is 0 Å². The molecule has 0 unspecified atom stereocenters. The number of thiazole rings is 1. The number of nitrogens with one attached hydrogen (secondary N) is 1. The van der Waals surface area contributed by atoms with Crippen molar-refractivity contribution in [1.82, 2.24) is 10.3 Å². The van der Waals surface area contributed by atoms with Crippen molar-refractivity contribution in [1.29, 1.82) is 0 Å². The predicted octanol–water partition coefficient (Wildman–Crippen LogP) is 3.92. The van der Waals surface area contributed by atoms with E-state index in [1.807, 2.05) is 0 Å². The van der Waals surface area contributed by atoms with Crippen molar-refractivity contribution in [2.24, 2.45) is 0 Å². The van der Waals surface area contributed by atoms with Crippen molar-refractivity contribution in [3.05, 3.63) is 51.0 Å². The summed E-state index contributed by atoms with van der Waals surface area (Å²) in [6.45, 7) is 9.36. The molecule has 96 valence electrons. The summed E-state index contributed by atoms with van der Waals surface area (Å²) in [4.78, 5) is 5.86. The van der Waals surface area contributed by atoms with Crippen LogP contribution in [0.15, 0.2) is 24.3 Å². The molecule has 0 saturated heterocycles. The van der Waals surface area contributed by atoms with Gasteiger partial charge in [-0.25, -0.2) is 4.98 Å². The summed E-state index contributed by atoms with van der Waals surface area (Å²) in [7, 11) is 0. The van der Waals surface area contributed by atoms with Crippen LogP contribution in [-0.2, 0) is 6.54 Å². The number of hydrogen-bond acceptors (Lipinski definition) is 3. The molecule has 1 aromatic heterocycles. The minimum atomic E-state index is 0.356. The van der Waals surface area contributed by atoms with E-state index in [2.05, 4.69) is 62.3 Å². The predicted molar refractivity (Wildman–Crippen MR) is 78.0 cm³/mol. The van der Waals surface area contributed by atoms with E-state index in [4.69, 9.17) is 0 Å². The molecule has 0 spiro atoms. The lowest BCUT2D eigenvalue weighted by molar-refractivity contribution is 0.572. The quantitative estimate of drug-likeness (QED) is 0.901. The number of hydrogen-bond donors (Lipinski definition) is 1. The van der Waals surface area contributed by atoms with E-state index >= 15 is 0 Å². The molecule has 0 aliphatic rings. The zero-order chi connectivity index (χ0) is 13.1. The molecule has 0 bridgehead atoms. The fourth-order valence-corrected chi connectivity index (χ4v) is 2.80. The van der Waals surface area contributed by atoms with E-state index < -0.39 is 0 Å². The standard InChI is InChI=1S/C15H20N2S/c1-10-6-5-7-14(8-10)12(3)16-9-15-17-11(2)13(4)18-15/h5-8,12,16H,9H2,1-4H3/t12-/m1/s1. The third-order valence-corrected chi connectivity index (χ3v) is 4.25. The monoisotopic (exact) mass is 260 g/mol. The molecule has 2 rings (SSSR count). The maximum Gasteiger partial charge on any atom is 0.107 e. The Bertz CT molecular complexity index is 512. The minimum absolute atomic E-state index is 0.356. The largest absolute Gasteiger partial charge is 0.304 e. The first-order valence-electron chi connectivity index (χ1n) is 6.29. The van der Waals surface area contributed by atoms with Crippen molar-refractivity contribution in [2.75, 3.05) is 0 Å². The first kappa shape index (κ1) is 13.2. The Balaban J connectivity index is 1.98. The number of benzene rings is 1. The van der Waals surface area contributed by atoms with Gasteiger partial charge in [0.2, 0.25) is 0 Å². The minimum Gasteiger partial charge on any atom is -0.304 e. The molecule has 1 N–H and O–H groups in total. The maximum atomic E-state index is 4.55. The van der Waals surface area contributed by atoms with Gasteiger partial charge in [0.15, 0.2) is 0 Å². The van der Waals surface area contributed by atoms with Crippen LogP contribution in [0.2, 0.25) is 0 Å². The first-order chi connectivity index (χ1) is 8.56. The average molecular weight is 260 g/mol. The van der Waals surface area contributed by atoms with Crippen LogP contribution in [0.4, 0.5) is 0 Å². The van der Waals surface area contributed by atoms with Crippen LogP contribution >= 0.6 is 11.3 Å². The van der Waals surface area contributed by atoms with Gasteiger partial charge in [-0.15, -0.1) is 11.3 Å². The van der Waals surface area contributed by atoms with Gasteiger partial charge >= 0.3 is 0 Å². The summed E-state index contributed by atoms with van der Waals surface area (Å²) in [5.74, 6) is 0. The first-order valence-corrected chi connectivity index (χ1v) is 7.11. The van der Waals surface area contributed by atoms with Crippen LogP contribution in [0.25, 0.3) is 0 Å². The second-order valence-corrected chi connectivity index (χ2v) is 6.05. The molecule has 1 heterocycles. The summed E-state index contributed by atoms with van der Waals surface area (Å²) < 4.78 is 0. The van der Waals surface area contributed by atoms with E-state index in [9.17, 15) is 0 Å². The third-order valence-electron chi connectivity index (χ3n) is 3.17. The van der Waals surface area contributed by atoms with Crippen LogP contribution < -0.4 is 5.32 Å². The number of rotatable bonds is 4. The molecular weight excluding hydrogens is 240 g/mol. The lowest BCUT2D eigenvalue weighted by atomic mass is 10.1. The molecule has 0 aliphatic carbocycles. The average Bonchev–Trinajstić information content (AvgIpc) is 2.66. The highest BCUT2D eigenvalue weighted by atomic mass is 32.1. The molecule has 0 radical (unpaired) electrons. The molecule has 18 heavy (non-hydrogen) atoms. The van der Waals surface area contributed by atoms with E-state index in [1.54, 1.807) is 11.3 Å². The second kappa shape index (κ2) is 5.63. The lowest BCUT2D eigenvalue weighted by Gasteiger charge is -2.13.